The zero-order valence-corrected chi connectivity index (χ0v) is 16.5. The van der Waals surface area contributed by atoms with Crippen molar-refractivity contribution in [2.24, 2.45) is 0 Å². The van der Waals surface area contributed by atoms with Crippen molar-refractivity contribution in [3.63, 3.8) is 0 Å². The Balaban J connectivity index is 2.31. The number of carbonyl (C=O) groups excluding carboxylic acids is 1. The Kier molecular flexibility index (Phi) is 4.96. The van der Waals surface area contributed by atoms with E-state index in [9.17, 15) is 22.0 Å². The molecule has 1 amide bonds. The van der Waals surface area contributed by atoms with Crippen molar-refractivity contribution in [3.05, 3.63) is 52.0 Å². The summed E-state index contributed by atoms with van der Waals surface area (Å²) >= 11 is 3.24. The SMILES string of the molecule is CNC(=O)c1c(-c2ccc(F)cc2F)oc2cc(NS(C)(=O)=O)c(Br)cc12. The summed E-state index contributed by atoms with van der Waals surface area (Å²) < 4.78 is 58.8. The fourth-order valence-electron chi connectivity index (χ4n) is 2.61. The molecule has 0 aliphatic heterocycles. The molecule has 2 N–H and O–H groups in total. The van der Waals surface area contributed by atoms with Gasteiger partial charge in [-0.3, -0.25) is 9.52 Å². The summed E-state index contributed by atoms with van der Waals surface area (Å²) in [7, 11) is -2.16. The fraction of sp³-hybridized carbons (Fsp3) is 0.118. The van der Waals surface area contributed by atoms with E-state index < -0.39 is 27.6 Å². The van der Waals surface area contributed by atoms with Crippen LogP contribution in [0.3, 0.4) is 0 Å². The number of rotatable bonds is 4. The van der Waals surface area contributed by atoms with E-state index in [4.69, 9.17) is 4.42 Å². The zero-order chi connectivity index (χ0) is 19.9. The van der Waals surface area contributed by atoms with Crippen LogP contribution in [0.25, 0.3) is 22.3 Å². The molecule has 6 nitrogen and oxygen atoms in total. The maximum atomic E-state index is 14.3. The Morgan fingerprint density at radius 2 is 1.89 bits per heavy atom. The summed E-state index contributed by atoms with van der Waals surface area (Å²) in [6.07, 6.45) is 0.987. The number of halogens is 3. The number of hydrogen-bond acceptors (Lipinski definition) is 4. The lowest BCUT2D eigenvalue weighted by Crippen LogP contribution is -2.18. The molecule has 0 unspecified atom stereocenters. The van der Waals surface area contributed by atoms with Crippen LogP contribution in [-0.4, -0.2) is 27.6 Å². The molecule has 0 atom stereocenters. The molecule has 0 bridgehead atoms. The third-order valence-electron chi connectivity index (χ3n) is 3.70. The molecule has 0 aliphatic rings. The van der Waals surface area contributed by atoms with E-state index in [1.165, 1.54) is 25.2 Å². The van der Waals surface area contributed by atoms with Crippen LogP contribution >= 0.6 is 15.9 Å². The molecular weight excluding hydrogens is 446 g/mol. The summed E-state index contributed by atoms with van der Waals surface area (Å²) in [6.45, 7) is 0. The topological polar surface area (TPSA) is 88.4 Å². The van der Waals surface area contributed by atoms with Gasteiger partial charge in [0.2, 0.25) is 10.0 Å². The summed E-state index contributed by atoms with van der Waals surface area (Å²) in [6, 6.07) is 5.76. The third kappa shape index (κ3) is 3.81. The first-order valence-electron chi connectivity index (χ1n) is 7.52. The Morgan fingerprint density at radius 1 is 1.19 bits per heavy atom. The molecule has 1 heterocycles. The molecule has 3 rings (SSSR count). The summed E-state index contributed by atoms with van der Waals surface area (Å²) in [5.74, 6) is -2.29. The van der Waals surface area contributed by atoms with Crippen LogP contribution < -0.4 is 10.0 Å². The van der Waals surface area contributed by atoms with Gasteiger partial charge in [-0.1, -0.05) is 0 Å². The predicted octanol–water partition coefficient (Wildman–Crippen LogP) is 3.87. The number of benzene rings is 2. The van der Waals surface area contributed by atoms with Gasteiger partial charge in [-0.15, -0.1) is 0 Å². The first kappa shape index (κ1) is 19.3. The summed E-state index contributed by atoms with van der Waals surface area (Å²) in [5.41, 5.74) is 0.291. The van der Waals surface area contributed by atoms with Gasteiger partial charge < -0.3 is 9.73 Å². The van der Waals surface area contributed by atoms with E-state index in [1.54, 1.807) is 0 Å². The van der Waals surface area contributed by atoms with Gasteiger partial charge in [-0.25, -0.2) is 17.2 Å². The van der Waals surface area contributed by atoms with Gasteiger partial charge in [-0.2, -0.15) is 0 Å². The fourth-order valence-corrected chi connectivity index (χ4v) is 3.75. The Bertz CT molecular complexity index is 1180. The van der Waals surface area contributed by atoms with E-state index in [0.29, 0.717) is 15.9 Å². The monoisotopic (exact) mass is 458 g/mol. The second kappa shape index (κ2) is 6.93. The van der Waals surface area contributed by atoms with E-state index in [1.807, 2.05) is 0 Å². The predicted molar refractivity (Wildman–Crippen MR) is 101 cm³/mol. The number of amides is 1. The van der Waals surface area contributed by atoms with Crippen LogP contribution in [0.15, 0.2) is 39.2 Å². The lowest BCUT2D eigenvalue weighted by molar-refractivity contribution is 0.0964. The molecule has 10 heteroatoms. The minimum atomic E-state index is -3.56. The largest absolute Gasteiger partial charge is 0.455 e. The number of anilines is 1. The minimum absolute atomic E-state index is 0.0459. The normalized spacial score (nSPS) is 11.6. The average Bonchev–Trinajstić information content (AvgIpc) is 2.91. The van der Waals surface area contributed by atoms with E-state index in [2.05, 4.69) is 26.0 Å². The smallest absolute Gasteiger partial charge is 0.255 e. The van der Waals surface area contributed by atoms with Crippen LogP contribution in [0, 0.1) is 11.6 Å². The maximum Gasteiger partial charge on any atom is 0.255 e. The molecular formula is C17H13BrF2N2O4S. The van der Waals surface area contributed by atoms with Crippen molar-refractivity contribution < 1.29 is 26.4 Å². The van der Waals surface area contributed by atoms with Gasteiger partial charge in [-0.05, 0) is 34.1 Å². The van der Waals surface area contributed by atoms with Crippen LogP contribution in [0.2, 0.25) is 0 Å². The third-order valence-corrected chi connectivity index (χ3v) is 4.95. The lowest BCUT2D eigenvalue weighted by Gasteiger charge is -2.06. The van der Waals surface area contributed by atoms with Crippen LogP contribution in [0.5, 0.6) is 0 Å². The van der Waals surface area contributed by atoms with E-state index >= 15 is 0 Å². The Labute approximate surface area is 161 Å². The molecule has 0 aliphatic carbocycles. The van der Waals surface area contributed by atoms with Gasteiger partial charge in [0.1, 0.15) is 17.2 Å². The number of furan rings is 1. The highest BCUT2D eigenvalue weighted by molar-refractivity contribution is 9.10. The number of carbonyl (C=O) groups is 1. The molecule has 2 aromatic carbocycles. The second-order valence-corrected chi connectivity index (χ2v) is 8.31. The first-order valence-corrected chi connectivity index (χ1v) is 10.2. The van der Waals surface area contributed by atoms with Crippen molar-refractivity contribution in [2.45, 2.75) is 0 Å². The Hall–Kier alpha value is -2.46. The standard InChI is InChI=1S/C17H13BrF2N2O4S/c1-21-17(23)15-10-6-11(18)13(22-27(2,24)25)7-14(10)26-16(15)9-4-3-8(19)5-12(9)20/h3-7,22H,1-2H3,(H,21,23). The molecule has 0 saturated heterocycles. The highest BCUT2D eigenvalue weighted by Crippen LogP contribution is 2.39. The van der Waals surface area contributed by atoms with Crippen molar-refractivity contribution in [1.29, 1.82) is 0 Å². The van der Waals surface area contributed by atoms with Crippen LogP contribution in [0.1, 0.15) is 10.4 Å². The van der Waals surface area contributed by atoms with E-state index in [-0.39, 0.29) is 28.2 Å². The van der Waals surface area contributed by atoms with Crippen molar-refractivity contribution in [1.82, 2.24) is 5.32 Å². The highest BCUT2D eigenvalue weighted by atomic mass is 79.9. The van der Waals surface area contributed by atoms with Gasteiger partial charge in [0.25, 0.3) is 5.91 Å². The van der Waals surface area contributed by atoms with Crippen molar-refractivity contribution >= 4 is 48.5 Å². The van der Waals surface area contributed by atoms with Gasteiger partial charge in [0.05, 0.1) is 23.1 Å². The van der Waals surface area contributed by atoms with E-state index in [0.717, 1.165) is 12.3 Å². The minimum Gasteiger partial charge on any atom is -0.455 e. The van der Waals surface area contributed by atoms with Crippen LogP contribution in [0.4, 0.5) is 14.5 Å². The molecule has 0 radical (unpaired) electrons. The lowest BCUT2D eigenvalue weighted by atomic mass is 10.0. The number of nitrogens with one attached hydrogen (secondary N) is 2. The molecule has 142 valence electrons. The summed E-state index contributed by atoms with van der Waals surface area (Å²) in [5, 5.41) is 2.78. The van der Waals surface area contributed by atoms with Crippen molar-refractivity contribution in [3.8, 4) is 11.3 Å². The van der Waals surface area contributed by atoms with Gasteiger partial charge >= 0.3 is 0 Å². The molecule has 0 fully saturated rings. The first-order chi connectivity index (χ1) is 12.6. The van der Waals surface area contributed by atoms with Crippen LogP contribution in [-0.2, 0) is 10.0 Å². The van der Waals surface area contributed by atoms with Gasteiger partial charge in [0, 0.05) is 29.0 Å². The van der Waals surface area contributed by atoms with Gasteiger partial charge in [0.15, 0.2) is 5.76 Å². The molecule has 0 spiro atoms. The molecule has 0 saturated carbocycles. The quantitative estimate of drug-likeness (QED) is 0.620. The molecule has 1 aromatic heterocycles. The zero-order valence-electron chi connectivity index (χ0n) is 14.1. The highest BCUT2D eigenvalue weighted by Gasteiger charge is 2.25. The number of hydrogen-bond donors (Lipinski definition) is 2. The van der Waals surface area contributed by atoms with Crippen molar-refractivity contribution in [2.75, 3.05) is 18.0 Å². The maximum absolute atomic E-state index is 14.3. The number of fused-ring (bicyclic) bond motifs is 1. The number of sulfonamides is 1. The second-order valence-electron chi connectivity index (χ2n) is 5.71. The molecule has 3 aromatic rings. The summed E-state index contributed by atoms with van der Waals surface area (Å²) in [4.78, 5) is 12.4. The Morgan fingerprint density at radius 3 is 2.48 bits per heavy atom. The molecule has 27 heavy (non-hydrogen) atoms. The average molecular weight is 459 g/mol.